The van der Waals surface area contributed by atoms with Crippen molar-refractivity contribution in [1.82, 2.24) is 0 Å². The van der Waals surface area contributed by atoms with Crippen molar-refractivity contribution in [2.24, 2.45) is 28.6 Å². The molecule has 8 atom stereocenters. The predicted molar refractivity (Wildman–Crippen MR) is 99.9 cm³/mol. The van der Waals surface area contributed by atoms with Gasteiger partial charge in [-0.15, -0.1) is 0 Å². The van der Waals surface area contributed by atoms with E-state index in [0.717, 1.165) is 0 Å². The number of halogens is 1. The summed E-state index contributed by atoms with van der Waals surface area (Å²) in [6.45, 7) is 4.48. The summed E-state index contributed by atoms with van der Waals surface area (Å²) in [5, 5.41) is 32.0. The molecule has 0 bridgehead atoms. The van der Waals surface area contributed by atoms with E-state index in [2.05, 4.69) is 0 Å². The molecule has 4 aliphatic carbocycles. The van der Waals surface area contributed by atoms with Gasteiger partial charge in [-0.3, -0.25) is 9.59 Å². The largest absolute Gasteiger partial charge is 0.390 e. The van der Waals surface area contributed by atoms with Crippen LogP contribution in [0.4, 0.5) is 4.39 Å². The first-order chi connectivity index (χ1) is 13.0. The Morgan fingerprint density at radius 2 is 2.00 bits per heavy atom. The fraction of sp³-hybridized carbons (Fsp3) is 0.727. The average molecular weight is 392 g/mol. The van der Waals surface area contributed by atoms with Gasteiger partial charge >= 0.3 is 0 Å². The SMILES string of the molecule is C[C@@H]1C[C@H]2[C@H]3CCC4=CC(=O)C=C[C@@]4(C)[C@@]3(F)[C@H](O)C[C@@]2(C)[C@@]1(O)C(=O)CO. The highest BCUT2D eigenvalue weighted by atomic mass is 19.1. The van der Waals surface area contributed by atoms with E-state index in [4.69, 9.17) is 0 Å². The summed E-state index contributed by atoms with van der Waals surface area (Å²) in [7, 11) is 0. The van der Waals surface area contributed by atoms with Crippen LogP contribution in [-0.2, 0) is 9.59 Å². The molecule has 0 unspecified atom stereocenters. The van der Waals surface area contributed by atoms with Crippen LogP contribution in [0, 0.1) is 28.6 Å². The van der Waals surface area contributed by atoms with Gasteiger partial charge in [0.1, 0.15) is 12.2 Å². The third-order valence-corrected chi connectivity index (χ3v) is 8.79. The maximum atomic E-state index is 16.9. The van der Waals surface area contributed by atoms with Crippen LogP contribution in [0.3, 0.4) is 0 Å². The minimum absolute atomic E-state index is 0.0676. The molecule has 5 nitrogen and oxygen atoms in total. The molecule has 0 aliphatic heterocycles. The summed E-state index contributed by atoms with van der Waals surface area (Å²) < 4.78 is 16.9. The zero-order chi connectivity index (χ0) is 20.7. The van der Waals surface area contributed by atoms with Crippen LogP contribution in [0.5, 0.6) is 0 Å². The van der Waals surface area contributed by atoms with E-state index in [-0.39, 0.29) is 18.1 Å². The smallest absolute Gasteiger partial charge is 0.190 e. The van der Waals surface area contributed by atoms with Crippen molar-refractivity contribution in [2.75, 3.05) is 6.61 Å². The third kappa shape index (κ3) is 2.01. The van der Waals surface area contributed by atoms with E-state index in [1.54, 1.807) is 26.8 Å². The van der Waals surface area contributed by atoms with Crippen LogP contribution in [-0.4, -0.2) is 50.9 Å². The van der Waals surface area contributed by atoms with Gasteiger partial charge in [-0.05, 0) is 56.6 Å². The summed E-state index contributed by atoms with van der Waals surface area (Å²) in [5.74, 6) is -2.12. The van der Waals surface area contributed by atoms with Gasteiger partial charge in [-0.2, -0.15) is 0 Å². The zero-order valence-corrected chi connectivity index (χ0v) is 16.6. The first kappa shape index (κ1) is 19.9. The molecule has 154 valence electrons. The molecule has 0 saturated heterocycles. The van der Waals surface area contributed by atoms with Crippen molar-refractivity contribution in [3.63, 3.8) is 0 Å². The topological polar surface area (TPSA) is 94.8 Å². The second kappa shape index (κ2) is 5.83. The first-order valence-corrected chi connectivity index (χ1v) is 10.1. The number of aliphatic hydroxyl groups excluding tert-OH is 2. The van der Waals surface area contributed by atoms with E-state index in [9.17, 15) is 24.9 Å². The molecule has 4 aliphatic rings. The highest BCUT2D eigenvalue weighted by Gasteiger charge is 2.75. The number of Topliss-reactive ketones (excluding diaryl/α,β-unsaturated/α-hetero) is 1. The van der Waals surface area contributed by atoms with Crippen LogP contribution < -0.4 is 0 Å². The molecule has 0 aromatic heterocycles. The van der Waals surface area contributed by atoms with Crippen molar-refractivity contribution < 1.29 is 29.3 Å². The number of ketones is 2. The van der Waals surface area contributed by atoms with Gasteiger partial charge in [0.05, 0.1) is 6.10 Å². The molecule has 3 saturated carbocycles. The minimum atomic E-state index is -1.98. The lowest BCUT2D eigenvalue weighted by Gasteiger charge is -2.62. The normalized spacial score (nSPS) is 52.5. The Kier molecular flexibility index (Phi) is 4.15. The van der Waals surface area contributed by atoms with Crippen LogP contribution in [0.1, 0.15) is 46.5 Å². The molecule has 28 heavy (non-hydrogen) atoms. The van der Waals surface area contributed by atoms with Gasteiger partial charge in [0.25, 0.3) is 0 Å². The van der Waals surface area contributed by atoms with Gasteiger partial charge in [0, 0.05) is 16.7 Å². The molecular weight excluding hydrogens is 363 g/mol. The zero-order valence-electron chi connectivity index (χ0n) is 16.6. The second-order valence-electron chi connectivity index (χ2n) is 9.75. The Bertz CT molecular complexity index is 805. The highest BCUT2D eigenvalue weighted by molar-refractivity contribution is 6.01. The molecular formula is C22H29FO5. The Labute approximate surface area is 164 Å². The minimum Gasteiger partial charge on any atom is -0.390 e. The van der Waals surface area contributed by atoms with Crippen molar-refractivity contribution in [3.05, 3.63) is 23.8 Å². The van der Waals surface area contributed by atoms with Crippen molar-refractivity contribution in [1.29, 1.82) is 0 Å². The quantitative estimate of drug-likeness (QED) is 0.667. The van der Waals surface area contributed by atoms with Crippen molar-refractivity contribution >= 4 is 11.6 Å². The number of rotatable bonds is 2. The molecule has 3 N–H and O–H groups in total. The molecule has 0 aromatic carbocycles. The number of fused-ring (bicyclic) bond motifs is 5. The standard InChI is InChI=1S/C22H29FO5/c1-12-8-16-15-5-4-13-9-14(25)6-7-19(13,2)21(15,23)17(26)10-20(16,3)22(12,28)18(27)11-24/h6-7,9,12,15-17,24,26,28H,4-5,8,10-11H2,1-3H3/t12-,15-,16+,17-,19-,20-,21+,22+/m1/s1. The lowest BCUT2D eigenvalue weighted by molar-refractivity contribution is -0.219. The Hall–Kier alpha value is -1.37. The van der Waals surface area contributed by atoms with Gasteiger partial charge < -0.3 is 15.3 Å². The molecule has 0 spiro atoms. The summed E-state index contributed by atoms with van der Waals surface area (Å²) in [5.41, 5.74) is -5.17. The number of aliphatic hydroxyl groups is 3. The molecule has 6 heteroatoms. The predicted octanol–water partition coefficient (Wildman–Crippen LogP) is 1.90. The van der Waals surface area contributed by atoms with Gasteiger partial charge in [-0.1, -0.05) is 25.5 Å². The van der Waals surface area contributed by atoms with Crippen LogP contribution in [0.2, 0.25) is 0 Å². The summed E-state index contributed by atoms with van der Waals surface area (Å²) in [6, 6.07) is 0. The second-order valence-corrected chi connectivity index (χ2v) is 9.75. The maximum absolute atomic E-state index is 16.9. The average Bonchev–Trinajstić information content (AvgIpc) is 2.84. The Balaban J connectivity index is 1.84. The van der Waals surface area contributed by atoms with Gasteiger partial charge in [0.2, 0.25) is 0 Å². The number of carbonyl (C=O) groups is 2. The lowest BCUT2D eigenvalue weighted by Crippen LogP contribution is -2.69. The van der Waals surface area contributed by atoms with Crippen molar-refractivity contribution in [3.8, 4) is 0 Å². The monoisotopic (exact) mass is 392 g/mol. The third-order valence-electron chi connectivity index (χ3n) is 8.79. The van der Waals surface area contributed by atoms with Crippen LogP contribution in [0.15, 0.2) is 23.8 Å². The van der Waals surface area contributed by atoms with E-state index < -0.39 is 52.4 Å². The molecule has 0 amide bonds. The first-order valence-electron chi connectivity index (χ1n) is 10.1. The fourth-order valence-corrected chi connectivity index (χ4v) is 7.26. The van der Waals surface area contributed by atoms with E-state index >= 15 is 4.39 Å². The molecule has 0 aromatic rings. The Morgan fingerprint density at radius 3 is 2.64 bits per heavy atom. The molecule has 3 fully saturated rings. The van der Waals surface area contributed by atoms with Crippen molar-refractivity contribution in [2.45, 2.75) is 63.8 Å². The number of carbonyl (C=O) groups excluding carboxylic acids is 2. The molecule has 0 radical (unpaired) electrons. The van der Waals surface area contributed by atoms with E-state index in [1.807, 2.05) is 0 Å². The summed E-state index contributed by atoms with van der Waals surface area (Å²) in [6.07, 6.45) is 4.44. The number of allylic oxidation sites excluding steroid dienone is 4. The van der Waals surface area contributed by atoms with Crippen LogP contribution >= 0.6 is 0 Å². The highest BCUT2D eigenvalue weighted by Crippen LogP contribution is 2.70. The lowest BCUT2D eigenvalue weighted by atomic mass is 9.44. The van der Waals surface area contributed by atoms with Gasteiger partial charge in [-0.25, -0.2) is 4.39 Å². The number of hydrogen-bond acceptors (Lipinski definition) is 5. The van der Waals surface area contributed by atoms with Gasteiger partial charge in [0.15, 0.2) is 17.2 Å². The van der Waals surface area contributed by atoms with E-state index in [0.29, 0.717) is 24.8 Å². The van der Waals surface area contributed by atoms with Crippen LogP contribution in [0.25, 0.3) is 0 Å². The molecule has 4 rings (SSSR count). The summed E-state index contributed by atoms with van der Waals surface area (Å²) in [4.78, 5) is 24.4. The summed E-state index contributed by atoms with van der Waals surface area (Å²) >= 11 is 0. The Morgan fingerprint density at radius 1 is 1.32 bits per heavy atom. The van der Waals surface area contributed by atoms with E-state index in [1.165, 1.54) is 12.2 Å². The number of hydrogen-bond donors (Lipinski definition) is 3. The maximum Gasteiger partial charge on any atom is 0.190 e. The molecule has 0 heterocycles. The number of alkyl halides is 1. The fourth-order valence-electron chi connectivity index (χ4n) is 7.26.